The van der Waals surface area contributed by atoms with Crippen molar-refractivity contribution in [2.45, 2.75) is 39.2 Å². The van der Waals surface area contributed by atoms with Gasteiger partial charge in [0.25, 0.3) is 5.91 Å². The number of likely N-dealkylation sites (N-methyl/N-ethyl adjacent to an activating group) is 1. The van der Waals surface area contributed by atoms with Crippen molar-refractivity contribution in [1.82, 2.24) is 19.7 Å². The van der Waals surface area contributed by atoms with Crippen molar-refractivity contribution in [1.29, 1.82) is 0 Å². The molecule has 1 amide bonds. The minimum Gasteiger partial charge on any atom is -0.482 e. The number of aliphatic imine (C=N–C) groups is 1. The summed E-state index contributed by atoms with van der Waals surface area (Å²) in [6.07, 6.45) is 3.00. The Morgan fingerprint density at radius 3 is 2.67 bits per heavy atom. The van der Waals surface area contributed by atoms with E-state index in [2.05, 4.69) is 10.1 Å². The second-order valence-corrected chi connectivity index (χ2v) is 10.3. The molecule has 5 rings (SSSR count). The van der Waals surface area contributed by atoms with Gasteiger partial charge in [-0.25, -0.2) is 18.4 Å². The van der Waals surface area contributed by atoms with Gasteiger partial charge in [-0.3, -0.25) is 9.79 Å². The molecule has 0 radical (unpaired) electrons. The van der Waals surface area contributed by atoms with Crippen LogP contribution in [0.25, 0.3) is 5.69 Å². The fourth-order valence-corrected chi connectivity index (χ4v) is 4.66. The summed E-state index contributed by atoms with van der Waals surface area (Å²) >= 11 is 0. The largest absolute Gasteiger partial charge is 0.482 e. The molecule has 1 aliphatic heterocycles. The van der Waals surface area contributed by atoms with Crippen molar-refractivity contribution in [2.75, 3.05) is 26.4 Å². The number of aromatic nitrogens is 3. The second kappa shape index (κ2) is 10.1. The number of fused-ring (bicyclic) bond motifs is 5. The van der Waals surface area contributed by atoms with Crippen molar-refractivity contribution >= 4 is 17.4 Å². The summed E-state index contributed by atoms with van der Waals surface area (Å²) in [6, 6.07) is 5.48. The number of allylic oxidation sites excluding steroid dienone is 1. The summed E-state index contributed by atoms with van der Waals surface area (Å²) in [5, 5.41) is 4.54. The topological polar surface area (TPSA) is 125 Å². The molecule has 0 spiro atoms. The number of ether oxygens (including phenoxy) is 1. The van der Waals surface area contributed by atoms with Gasteiger partial charge in [0.05, 0.1) is 11.4 Å². The van der Waals surface area contributed by atoms with E-state index in [1.165, 1.54) is 15.6 Å². The number of hydrogen-bond donors (Lipinski definition) is 2. The first-order valence-corrected chi connectivity index (χ1v) is 12.8. The fraction of sp³-hybridized carbons (Fsp3) is 0.357. The highest BCUT2D eigenvalue weighted by molar-refractivity contribution is 6.16. The van der Waals surface area contributed by atoms with E-state index in [1.54, 1.807) is 46.3 Å². The number of hydrogen-bond acceptors (Lipinski definition) is 7. The van der Waals surface area contributed by atoms with E-state index in [1.807, 2.05) is 0 Å². The predicted molar refractivity (Wildman–Crippen MR) is 144 cm³/mol. The molecule has 39 heavy (non-hydrogen) atoms. The number of benzene rings is 1. The zero-order chi connectivity index (χ0) is 28.0. The Morgan fingerprint density at radius 1 is 1.23 bits per heavy atom. The van der Waals surface area contributed by atoms with Crippen LogP contribution < -0.4 is 16.2 Å². The van der Waals surface area contributed by atoms with Crippen LogP contribution in [-0.2, 0) is 11.2 Å². The summed E-state index contributed by atoms with van der Waals surface area (Å²) in [7, 11) is 3.22. The molecule has 1 aliphatic carbocycles. The first-order chi connectivity index (χ1) is 18.5. The summed E-state index contributed by atoms with van der Waals surface area (Å²) in [6.45, 7) is 3.99. The van der Waals surface area contributed by atoms with Crippen LogP contribution in [-0.4, -0.2) is 51.9 Å². The number of nitrogens with two attached hydrogens (primary N) is 2. The molecule has 0 unspecified atom stereocenters. The quantitative estimate of drug-likeness (QED) is 0.494. The van der Waals surface area contributed by atoms with Gasteiger partial charge in [0, 0.05) is 61.7 Å². The maximum Gasteiger partial charge on any atom is 0.269 e. The van der Waals surface area contributed by atoms with E-state index in [9.17, 15) is 9.18 Å². The maximum absolute atomic E-state index is 15.5. The van der Waals surface area contributed by atoms with Gasteiger partial charge >= 0.3 is 0 Å². The lowest BCUT2D eigenvalue weighted by atomic mass is 9.95. The molecule has 3 aromatic rings. The van der Waals surface area contributed by atoms with Gasteiger partial charge in [-0.1, -0.05) is 0 Å². The number of carbonyl (C=O) groups excluding carboxylic acids is 1. The van der Waals surface area contributed by atoms with Gasteiger partial charge in [0.15, 0.2) is 17.4 Å². The normalized spacial score (nSPS) is 19.3. The van der Waals surface area contributed by atoms with Crippen molar-refractivity contribution in [3.8, 4) is 11.4 Å². The first-order valence-electron chi connectivity index (χ1n) is 12.8. The average molecular weight is 536 g/mol. The molecule has 2 aromatic heterocycles. The maximum atomic E-state index is 15.5. The molecule has 3 heterocycles. The molecular weight excluding hydrogens is 504 g/mol. The SMILES string of the molecule is Cc1cc2n(n1)-c1c(F)cc(F)cc1[C@@H](C)Oc1cc(cnc1N)C(=NCC1CC1)/C(=C(\N)C(=O)N(C)C)C2. The van der Waals surface area contributed by atoms with E-state index >= 15 is 4.39 Å². The Bertz CT molecular complexity index is 1520. The highest BCUT2D eigenvalue weighted by Crippen LogP contribution is 2.35. The van der Waals surface area contributed by atoms with Crippen LogP contribution in [0.5, 0.6) is 5.75 Å². The van der Waals surface area contributed by atoms with Gasteiger partial charge in [0.2, 0.25) is 0 Å². The standard InChI is InChI=1S/C28H31F2N7O2/c1-14-7-19-11-21(24(31)28(38)36(3)4)25(33-12-16-5-6-16)17-8-23(27(32)34-13-17)39-15(2)20-9-18(29)10-22(30)26(20)37(19)35-14/h7-10,13,15-16H,5-6,11-12,31H2,1-4H3,(H2,32,34)/b24-21-,33-25?/t15-/m1/s1. The molecular formula is C28H31F2N7O2. The number of anilines is 1. The first kappa shape index (κ1) is 26.3. The number of aryl methyl sites for hydroxylation is 1. The van der Waals surface area contributed by atoms with Crippen LogP contribution in [0.3, 0.4) is 0 Å². The molecule has 204 valence electrons. The van der Waals surface area contributed by atoms with E-state index in [4.69, 9.17) is 21.2 Å². The third kappa shape index (κ3) is 5.21. The minimum atomic E-state index is -0.816. The Balaban J connectivity index is 1.83. The number of nitrogen functional groups attached to an aromatic ring is 1. The van der Waals surface area contributed by atoms with E-state index in [0.717, 1.165) is 18.9 Å². The van der Waals surface area contributed by atoms with Crippen LogP contribution in [0.2, 0.25) is 0 Å². The summed E-state index contributed by atoms with van der Waals surface area (Å²) in [5.74, 6) is -1.21. The van der Waals surface area contributed by atoms with Crippen LogP contribution in [0.15, 0.2) is 46.7 Å². The Morgan fingerprint density at radius 2 is 1.97 bits per heavy atom. The molecule has 1 saturated carbocycles. The number of halogens is 2. The van der Waals surface area contributed by atoms with Gasteiger partial charge in [-0.05, 0) is 50.8 Å². The fourth-order valence-electron chi connectivity index (χ4n) is 4.66. The van der Waals surface area contributed by atoms with Crippen molar-refractivity contribution in [2.24, 2.45) is 16.6 Å². The number of nitrogens with zero attached hydrogens (tertiary/aromatic N) is 5. The second-order valence-electron chi connectivity index (χ2n) is 10.3. The third-order valence-corrected chi connectivity index (χ3v) is 6.88. The highest BCUT2D eigenvalue weighted by Gasteiger charge is 2.29. The van der Waals surface area contributed by atoms with Gasteiger partial charge < -0.3 is 21.1 Å². The molecule has 1 atom stereocenters. The molecule has 1 aromatic carbocycles. The van der Waals surface area contributed by atoms with Gasteiger partial charge in [-0.2, -0.15) is 5.10 Å². The lowest BCUT2D eigenvalue weighted by Gasteiger charge is -2.24. The van der Waals surface area contributed by atoms with E-state index in [0.29, 0.717) is 40.7 Å². The third-order valence-electron chi connectivity index (χ3n) is 6.88. The predicted octanol–water partition coefficient (Wildman–Crippen LogP) is 3.63. The molecule has 11 heteroatoms. The number of carbonyl (C=O) groups is 1. The molecule has 0 saturated heterocycles. The minimum absolute atomic E-state index is 0.00975. The molecule has 9 nitrogen and oxygen atoms in total. The lowest BCUT2D eigenvalue weighted by Crippen LogP contribution is -2.31. The molecule has 2 bridgehead atoms. The van der Waals surface area contributed by atoms with Crippen molar-refractivity contribution < 1.29 is 18.3 Å². The highest BCUT2D eigenvalue weighted by atomic mass is 19.1. The van der Waals surface area contributed by atoms with Gasteiger partial charge in [-0.15, -0.1) is 0 Å². The lowest BCUT2D eigenvalue weighted by molar-refractivity contribution is -0.124. The Hall–Kier alpha value is -4.28. The molecule has 1 fully saturated rings. The van der Waals surface area contributed by atoms with Crippen LogP contribution in [0, 0.1) is 24.5 Å². The number of amides is 1. The number of rotatable bonds is 3. The summed E-state index contributed by atoms with van der Waals surface area (Å²) < 4.78 is 37.5. The van der Waals surface area contributed by atoms with E-state index < -0.39 is 23.6 Å². The average Bonchev–Trinajstić information content (AvgIpc) is 3.64. The Kier molecular flexibility index (Phi) is 6.83. The zero-order valence-electron chi connectivity index (χ0n) is 22.3. The summed E-state index contributed by atoms with van der Waals surface area (Å²) in [4.78, 5) is 23.8. The van der Waals surface area contributed by atoms with Crippen molar-refractivity contribution in [3.05, 3.63) is 75.9 Å². The summed E-state index contributed by atoms with van der Waals surface area (Å²) in [5.41, 5.74) is 15.6. The van der Waals surface area contributed by atoms with E-state index in [-0.39, 0.29) is 34.9 Å². The smallest absolute Gasteiger partial charge is 0.269 e. The number of pyridine rings is 1. The van der Waals surface area contributed by atoms with Crippen LogP contribution >= 0.6 is 0 Å². The molecule has 2 aliphatic rings. The zero-order valence-corrected chi connectivity index (χ0v) is 22.3. The Labute approximate surface area is 225 Å². The van der Waals surface area contributed by atoms with Crippen LogP contribution in [0.1, 0.15) is 48.4 Å². The van der Waals surface area contributed by atoms with Crippen LogP contribution in [0.4, 0.5) is 14.6 Å². The van der Waals surface area contributed by atoms with Gasteiger partial charge in [0.1, 0.15) is 23.3 Å². The monoisotopic (exact) mass is 535 g/mol. The van der Waals surface area contributed by atoms with Crippen molar-refractivity contribution in [3.63, 3.8) is 0 Å². The molecule has 4 N–H and O–H groups in total.